The number of imidazole rings is 1. The zero-order valence-electron chi connectivity index (χ0n) is 19.8. The van der Waals surface area contributed by atoms with Crippen LogP contribution in [0.2, 0.25) is 0 Å². The molecule has 9 nitrogen and oxygen atoms in total. The summed E-state index contributed by atoms with van der Waals surface area (Å²) in [6.45, 7) is 5.14. The lowest BCUT2D eigenvalue weighted by atomic mass is 10.0. The largest absolute Gasteiger partial charge is 0.382 e. The summed E-state index contributed by atoms with van der Waals surface area (Å²) < 4.78 is 4.22. The van der Waals surface area contributed by atoms with Crippen molar-refractivity contribution in [1.82, 2.24) is 39.3 Å². The maximum atomic E-state index is 5.92. The topological polar surface area (TPSA) is 113 Å². The van der Waals surface area contributed by atoms with Gasteiger partial charge in [0.1, 0.15) is 11.8 Å². The van der Waals surface area contributed by atoms with E-state index in [9.17, 15) is 0 Å². The third-order valence-electron chi connectivity index (χ3n) is 5.95. The average molecular weight is 486 g/mol. The minimum Gasteiger partial charge on any atom is -0.382 e. The fourth-order valence-corrected chi connectivity index (χ4v) is 5.07. The molecule has 0 aliphatic heterocycles. The van der Waals surface area contributed by atoms with Gasteiger partial charge in [-0.25, -0.2) is 15.0 Å². The van der Waals surface area contributed by atoms with Crippen LogP contribution in [0.4, 0.5) is 5.82 Å². The highest BCUT2D eigenvalue weighted by Crippen LogP contribution is 2.32. The highest BCUT2D eigenvalue weighted by atomic mass is 32.2. The van der Waals surface area contributed by atoms with Gasteiger partial charge in [0.05, 0.1) is 12.0 Å². The fourth-order valence-electron chi connectivity index (χ4n) is 4.21. The number of nitrogens with two attached hydrogens (primary N) is 1. The van der Waals surface area contributed by atoms with E-state index < -0.39 is 0 Å². The molecule has 0 radical (unpaired) electrons. The van der Waals surface area contributed by atoms with Gasteiger partial charge >= 0.3 is 0 Å². The van der Waals surface area contributed by atoms with Crippen LogP contribution in [0.25, 0.3) is 28.2 Å². The first kappa shape index (κ1) is 23.0. The number of aryl methyl sites for hydroxylation is 3. The first-order chi connectivity index (χ1) is 17.2. The number of hydrogen-bond donors (Lipinski definition) is 1. The molecule has 0 spiro atoms. The normalized spacial score (nSPS) is 11.4. The maximum Gasteiger partial charge on any atom is 0.196 e. The number of fused-ring (bicyclic) bond motifs is 1. The van der Waals surface area contributed by atoms with E-state index >= 15 is 0 Å². The third-order valence-corrected chi connectivity index (χ3v) is 6.96. The van der Waals surface area contributed by atoms with Crippen molar-refractivity contribution in [1.29, 1.82) is 0 Å². The van der Waals surface area contributed by atoms with Crippen LogP contribution < -0.4 is 5.73 Å². The minimum atomic E-state index is 0.403. The molecule has 0 fully saturated rings. The zero-order chi connectivity index (χ0) is 24.2. The van der Waals surface area contributed by atoms with Crippen molar-refractivity contribution < 1.29 is 0 Å². The minimum absolute atomic E-state index is 0.403. The fraction of sp³-hybridized carbons (Fsp3) is 0.280. The Bertz CT molecular complexity index is 1420. The molecule has 4 heterocycles. The molecule has 0 aliphatic carbocycles. The Morgan fingerprint density at radius 3 is 2.54 bits per heavy atom. The molecule has 0 aliphatic rings. The molecule has 0 saturated heterocycles. The molecule has 5 aromatic rings. The Balaban J connectivity index is 1.44. The second kappa shape index (κ2) is 10.2. The summed E-state index contributed by atoms with van der Waals surface area (Å²) >= 11 is 1.70. The van der Waals surface area contributed by atoms with Gasteiger partial charge in [-0.3, -0.25) is 9.55 Å². The van der Waals surface area contributed by atoms with Crippen LogP contribution in [0.1, 0.15) is 31.4 Å². The number of pyridine rings is 1. The van der Waals surface area contributed by atoms with Crippen molar-refractivity contribution in [2.75, 3.05) is 11.5 Å². The van der Waals surface area contributed by atoms with Crippen molar-refractivity contribution >= 4 is 28.7 Å². The van der Waals surface area contributed by atoms with E-state index in [2.05, 4.69) is 66.7 Å². The first-order valence-corrected chi connectivity index (χ1v) is 12.7. The summed E-state index contributed by atoms with van der Waals surface area (Å²) in [4.78, 5) is 17.0. The molecule has 1 aromatic carbocycles. The van der Waals surface area contributed by atoms with Crippen molar-refractivity contribution in [3.05, 3.63) is 66.5 Å². The van der Waals surface area contributed by atoms with Crippen molar-refractivity contribution in [3.63, 3.8) is 0 Å². The lowest BCUT2D eigenvalue weighted by Gasteiger charge is -2.18. The molecule has 0 saturated carbocycles. The van der Waals surface area contributed by atoms with Gasteiger partial charge in [-0.1, -0.05) is 43.8 Å². The van der Waals surface area contributed by atoms with E-state index in [-0.39, 0.29) is 0 Å². The van der Waals surface area contributed by atoms with Gasteiger partial charge in [0, 0.05) is 30.3 Å². The molecule has 0 amide bonds. The molecular weight excluding hydrogens is 458 g/mol. The van der Waals surface area contributed by atoms with Crippen LogP contribution in [0.5, 0.6) is 0 Å². The van der Waals surface area contributed by atoms with E-state index in [1.54, 1.807) is 24.3 Å². The smallest absolute Gasteiger partial charge is 0.196 e. The first-order valence-electron chi connectivity index (χ1n) is 11.7. The van der Waals surface area contributed by atoms with Crippen molar-refractivity contribution in [2.24, 2.45) is 0 Å². The van der Waals surface area contributed by atoms with Crippen molar-refractivity contribution in [2.45, 2.75) is 44.8 Å². The Morgan fingerprint density at radius 2 is 1.80 bits per heavy atom. The average Bonchev–Trinajstić information content (AvgIpc) is 3.51. The SMILES string of the molecule is CCc1cccc(CC)c1-n1c(SCCCn2cnc3c(N)ncnc32)nnc1-c1cccnc1. The summed E-state index contributed by atoms with van der Waals surface area (Å²) in [7, 11) is 0. The monoisotopic (exact) mass is 485 g/mol. The highest BCUT2D eigenvalue weighted by molar-refractivity contribution is 7.99. The molecule has 178 valence electrons. The van der Waals surface area contributed by atoms with Crippen LogP contribution in [0.15, 0.2) is 60.5 Å². The van der Waals surface area contributed by atoms with Crippen LogP contribution in [-0.2, 0) is 19.4 Å². The van der Waals surface area contributed by atoms with Crippen LogP contribution in [0, 0.1) is 0 Å². The number of thioether (sulfide) groups is 1. The number of aromatic nitrogens is 8. The number of para-hydroxylation sites is 1. The van der Waals surface area contributed by atoms with Gasteiger partial charge in [-0.15, -0.1) is 10.2 Å². The standard InChI is InChI=1S/C25H27N9S/c1-3-17-8-5-9-18(4-2)21(17)34-23(19-10-6-11-27-14-19)31-32-25(34)35-13-7-12-33-16-30-20-22(26)28-15-29-24(20)33/h5-6,8-11,14-16H,3-4,7,12-13H2,1-2H3,(H2,26,28,29). The van der Waals surface area contributed by atoms with Gasteiger partial charge in [0.25, 0.3) is 0 Å². The predicted molar refractivity (Wildman–Crippen MR) is 138 cm³/mol. The predicted octanol–water partition coefficient (Wildman–Crippen LogP) is 4.36. The molecular formula is C25H27N9S. The second-order valence-electron chi connectivity index (χ2n) is 8.09. The number of hydrogen-bond acceptors (Lipinski definition) is 8. The lowest BCUT2D eigenvalue weighted by Crippen LogP contribution is -2.07. The van der Waals surface area contributed by atoms with Crippen LogP contribution >= 0.6 is 11.8 Å². The lowest BCUT2D eigenvalue weighted by molar-refractivity contribution is 0.695. The Labute approximate surface area is 207 Å². The Morgan fingerprint density at radius 1 is 0.971 bits per heavy atom. The van der Waals surface area contributed by atoms with Crippen LogP contribution in [0.3, 0.4) is 0 Å². The Hall–Kier alpha value is -3.79. The summed E-state index contributed by atoms with van der Waals surface area (Å²) in [6, 6.07) is 10.5. The number of nitrogen functional groups attached to an aromatic ring is 1. The molecule has 0 bridgehead atoms. The molecule has 2 N–H and O–H groups in total. The van der Waals surface area contributed by atoms with Crippen molar-refractivity contribution in [3.8, 4) is 17.1 Å². The molecule has 4 aromatic heterocycles. The van der Waals surface area contributed by atoms with E-state index in [0.717, 1.165) is 53.8 Å². The summed E-state index contributed by atoms with van der Waals surface area (Å²) in [5.41, 5.74) is 12.0. The Kier molecular flexibility index (Phi) is 6.71. The molecule has 0 unspecified atom stereocenters. The number of rotatable bonds is 9. The van der Waals surface area contributed by atoms with E-state index in [1.165, 1.54) is 23.1 Å². The quantitative estimate of drug-likeness (QED) is 0.242. The summed E-state index contributed by atoms with van der Waals surface area (Å²) in [6.07, 6.45) is 9.62. The molecule has 35 heavy (non-hydrogen) atoms. The van der Waals surface area contributed by atoms with E-state index in [0.29, 0.717) is 11.3 Å². The summed E-state index contributed by atoms with van der Waals surface area (Å²) in [5.74, 6) is 2.07. The zero-order valence-corrected chi connectivity index (χ0v) is 20.6. The second-order valence-corrected chi connectivity index (χ2v) is 9.15. The van der Waals surface area contributed by atoms with Crippen LogP contribution in [-0.4, -0.2) is 45.0 Å². The highest BCUT2D eigenvalue weighted by Gasteiger charge is 2.20. The van der Waals surface area contributed by atoms with Gasteiger partial charge < -0.3 is 10.3 Å². The maximum absolute atomic E-state index is 5.92. The number of anilines is 1. The molecule has 10 heteroatoms. The summed E-state index contributed by atoms with van der Waals surface area (Å²) in [5, 5.41) is 10.1. The third kappa shape index (κ3) is 4.49. The molecule has 0 atom stereocenters. The van der Waals surface area contributed by atoms with E-state index in [4.69, 9.17) is 5.73 Å². The van der Waals surface area contributed by atoms with E-state index in [1.807, 2.05) is 22.9 Å². The van der Waals surface area contributed by atoms with Gasteiger partial charge in [0.15, 0.2) is 22.4 Å². The number of benzene rings is 1. The van der Waals surface area contributed by atoms with Gasteiger partial charge in [0.2, 0.25) is 0 Å². The molecule has 5 rings (SSSR count). The van der Waals surface area contributed by atoms with Gasteiger partial charge in [-0.05, 0) is 42.5 Å². The number of nitrogens with zero attached hydrogens (tertiary/aromatic N) is 8. The van der Waals surface area contributed by atoms with Gasteiger partial charge in [-0.2, -0.15) is 0 Å².